The van der Waals surface area contributed by atoms with Crippen LogP contribution < -0.4 is 9.47 Å². The van der Waals surface area contributed by atoms with Gasteiger partial charge in [-0.3, -0.25) is 4.79 Å². The van der Waals surface area contributed by atoms with E-state index in [9.17, 15) is 4.79 Å². The van der Waals surface area contributed by atoms with Crippen molar-refractivity contribution >= 4 is 5.91 Å². The molecule has 0 N–H and O–H groups in total. The first-order valence-electron chi connectivity index (χ1n) is 11.6. The van der Waals surface area contributed by atoms with Gasteiger partial charge < -0.3 is 18.9 Å². The van der Waals surface area contributed by atoms with E-state index < -0.39 is 0 Å². The number of benzene rings is 2. The number of rotatable bonds is 9. The molecule has 7 heteroatoms. The Morgan fingerprint density at radius 2 is 1.85 bits per heavy atom. The number of piperidine rings is 1. The molecule has 2 aromatic carbocycles. The molecule has 1 fully saturated rings. The second kappa shape index (κ2) is 11.0. The molecule has 2 heterocycles. The Hall–Kier alpha value is -3.35. The quantitative estimate of drug-likeness (QED) is 0.465. The maximum Gasteiger partial charge on any atom is 0.257 e. The number of para-hydroxylation sites is 1. The Kier molecular flexibility index (Phi) is 7.60. The van der Waals surface area contributed by atoms with Crippen LogP contribution in [0, 0.1) is 12.8 Å². The monoisotopic (exact) mass is 449 g/mol. The highest BCUT2D eigenvalue weighted by atomic mass is 16.5. The van der Waals surface area contributed by atoms with Gasteiger partial charge in [0.25, 0.3) is 5.91 Å². The van der Waals surface area contributed by atoms with Crippen molar-refractivity contribution in [3.05, 3.63) is 71.4 Å². The van der Waals surface area contributed by atoms with E-state index in [0.29, 0.717) is 35.6 Å². The second-order valence-corrected chi connectivity index (χ2v) is 8.37. The third-order valence-electron chi connectivity index (χ3n) is 6.02. The minimum atomic E-state index is 0.0138. The number of carbonyl (C=O) groups is 1. The minimum Gasteiger partial charge on any atom is -0.494 e. The van der Waals surface area contributed by atoms with Gasteiger partial charge in [-0.1, -0.05) is 29.4 Å². The molecule has 1 aliphatic heterocycles. The van der Waals surface area contributed by atoms with Gasteiger partial charge in [0.15, 0.2) is 6.61 Å². The van der Waals surface area contributed by atoms with E-state index in [1.54, 1.807) is 6.92 Å². The molecule has 1 saturated heterocycles. The summed E-state index contributed by atoms with van der Waals surface area (Å²) in [5, 5.41) is 3.84. The number of carbonyl (C=O) groups excluding carboxylic acids is 1. The summed E-state index contributed by atoms with van der Waals surface area (Å²) in [6, 6.07) is 15.7. The van der Waals surface area contributed by atoms with Crippen molar-refractivity contribution in [2.24, 2.45) is 5.92 Å². The summed E-state index contributed by atoms with van der Waals surface area (Å²) < 4.78 is 16.3. The van der Waals surface area contributed by atoms with Crippen LogP contribution in [0.4, 0.5) is 0 Å². The van der Waals surface area contributed by atoms with Crippen molar-refractivity contribution in [2.45, 2.75) is 46.1 Å². The molecule has 0 saturated carbocycles. The number of hydrogen-bond donors (Lipinski definition) is 0. The van der Waals surface area contributed by atoms with Crippen LogP contribution >= 0.6 is 0 Å². The molecule has 0 unspecified atom stereocenters. The zero-order valence-electron chi connectivity index (χ0n) is 19.3. The van der Waals surface area contributed by atoms with Crippen LogP contribution in [0.1, 0.15) is 53.8 Å². The maximum atomic E-state index is 13.2. The van der Waals surface area contributed by atoms with Gasteiger partial charge in [0.1, 0.15) is 11.5 Å². The zero-order chi connectivity index (χ0) is 23.0. The van der Waals surface area contributed by atoms with Gasteiger partial charge in [0.05, 0.1) is 12.2 Å². The number of aromatic nitrogens is 2. The van der Waals surface area contributed by atoms with Crippen molar-refractivity contribution in [2.75, 3.05) is 19.7 Å². The van der Waals surface area contributed by atoms with E-state index >= 15 is 0 Å². The Morgan fingerprint density at radius 1 is 1.09 bits per heavy atom. The molecular weight excluding hydrogens is 418 g/mol. The first kappa shape index (κ1) is 22.8. The van der Waals surface area contributed by atoms with Crippen LogP contribution in [0.5, 0.6) is 11.5 Å². The molecule has 1 amide bonds. The molecule has 0 bridgehead atoms. The van der Waals surface area contributed by atoms with Crippen LogP contribution in [0.15, 0.2) is 53.1 Å². The smallest absolute Gasteiger partial charge is 0.257 e. The van der Waals surface area contributed by atoms with E-state index in [2.05, 4.69) is 22.3 Å². The lowest BCUT2D eigenvalue weighted by molar-refractivity contribution is 0.0682. The highest BCUT2D eigenvalue weighted by Gasteiger charge is 2.25. The Balaban J connectivity index is 1.27. The summed E-state index contributed by atoms with van der Waals surface area (Å²) in [5.41, 5.74) is 1.91. The largest absolute Gasteiger partial charge is 0.494 e. The standard InChI is InChI=1S/C26H31N3O4/c1-3-31-22-12-10-20(11-13-22)8-9-21-14-16-29(17-15-21)26(30)23-6-4-5-7-24(23)32-18-25-27-19(2)33-28-25/h4-7,10-13,21H,3,8-9,14-18H2,1-2H3. The maximum absolute atomic E-state index is 13.2. The van der Waals surface area contributed by atoms with Gasteiger partial charge in [-0.05, 0) is 68.4 Å². The molecule has 4 rings (SSSR count). The predicted molar refractivity (Wildman–Crippen MR) is 124 cm³/mol. The van der Waals surface area contributed by atoms with E-state index in [1.165, 1.54) is 5.56 Å². The second-order valence-electron chi connectivity index (χ2n) is 8.37. The third kappa shape index (κ3) is 6.12. The Morgan fingerprint density at radius 3 is 2.55 bits per heavy atom. The molecule has 0 spiro atoms. The van der Waals surface area contributed by atoms with Crippen LogP contribution in [-0.4, -0.2) is 40.6 Å². The first-order valence-corrected chi connectivity index (χ1v) is 11.6. The molecule has 1 aliphatic rings. The Labute approximate surface area is 194 Å². The molecule has 1 aromatic heterocycles. The summed E-state index contributed by atoms with van der Waals surface area (Å²) in [6.45, 7) is 6.11. The van der Waals surface area contributed by atoms with Crippen LogP contribution in [0.25, 0.3) is 0 Å². The van der Waals surface area contributed by atoms with Gasteiger partial charge in [0, 0.05) is 20.0 Å². The lowest BCUT2D eigenvalue weighted by Gasteiger charge is -2.32. The minimum absolute atomic E-state index is 0.0138. The Bertz CT molecular complexity index is 1040. The fraction of sp³-hybridized carbons (Fsp3) is 0.423. The summed E-state index contributed by atoms with van der Waals surface area (Å²) in [7, 11) is 0. The average Bonchev–Trinajstić information content (AvgIpc) is 3.27. The van der Waals surface area contributed by atoms with Crippen molar-refractivity contribution in [3.63, 3.8) is 0 Å². The van der Waals surface area contributed by atoms with Gasteiger partial charge in [-0.15, -0.1) is 0 Å². The van der Waals surface area contributed by atoms with Crippen LogP contribution in [0.2, 0.25) is 0 Å². The summed E-state index contributed by atoms with van der Waals surface area (Å²) in [5.74, 6) is 3.06. The summed E-state index contributed by atoms with van der Waals surface area (Å²) in [6.07, 6.45) is 4.24. The highest BCUT2D eigenvalue weighted by Crippen LogP contribution is 2.27. The summed E-state index contributed by atoms with van der Waals surface area (Å²) in [4.78, 5) is 19.3. The molecular formula is C26H31N3O4. The molecule has 7 nitrogen and oxygen atoms in total. The fourth-order valence-electron chi connectivity index (χ4n) is 4.20. The predicted octanol–water partition coefficient (Wildman–Crippen LogP) is 4.84. The van der Waals surface area contributed by atoms with Gasteiger partial charge in [-0.25, -0.2) is 0 Å². The number of hydrogen-bond acceptors (Lipinski definition) is 6. The molecule has 174 valence electrons. The normalized spacial score (nSPS) is 14.3. The number of amides is 1. The highest BCUT2D eigenvalue weighted by molar-refractivity contribution is 5.97. The molecule has 0 aliphatic carbocycles. The summed E-state index contributed by atoms with van der Waals surface area (Å²) >= 11 is 0. The fourth-order valence-corrected chi connectivity index (χ4v) is 4.20. The van der Waals surface area contributed by atoms with Gasteiger partial charge >= 0.3 is 0 Å². The third-order valence-corrected chi connectivity index (χ3v) is 6.02. The number of ether oxygens (including phenoxy) is 2. The molecule has 0 radical (unpaired) electrons. The van der Waals surface area contributed by atoms with E-state index in [1.807, 2.05) is 48.2 Å². The number of nitrogens with zero attached hydrogens (tertiary/aromatic N) is 3. The van der Waals surface area contributed by atoms with Crippen molar-refractivity contribution in [1.82, 2.24) is 15.0 Å². The van der Waals surface area contributed by atoms with Crippen LogP contribution in [0.3, 0.4) is 0 Å². The average molecular weight is 450 g/mol. The van der Waals surface area contributed by atoms with Crippen molar-refractivity contribution in [3.8, 4) is 11.5 Å². The zero-order valence-corrected chi connectivity index (χ0v) is 19.3. The number of aryl methyl sites for hydroxylation is 2. The van der Waals surface area contributed by atoms with E-state index in [-0.39, 0.29) is 12.5 Å². The van der Waals surface area contributed by atoms with Gasteiger partial charge in [0.2, 0.25) is 11.7 Å². The first-order chi connectivity index (χ1) is 16.1. The lowest BCUT2D eigenvalue weighted by Crippen LogP contribution is -2.38. The lowest BCUT2D eigenvalue weighted by atomic mass is 9.90. The van der Waals surface area contributed by atoms with Crippen LogP contribution in [-0.2, 0) is 13.0 Å². The number of likely N-dealkylation sites (tertiary alicyclic amines) is 1. The van der Waals surface area contributed by atoms with E-state index in [4.69, 9.17) is 14.0 Å². The van der Waals surface area contributed by atoms with Crippen molar-refractivity contribution < 1.29 is 18.8 Å². The van der Waals surface area contributed by atoms with Crippen molar-refractivity contribution in [1.29, 1.82) is 0 Å². The molecule has 0 atom stereocenters. The van der Waals surface area contributed by atoms with Gasteiger partial charge in [-0.2, -0.15) is 4.98 Å². The SMILES string of the molecule is CCOc1ccc(CCC2CCN(C(=O)c3ccccc3OCc3noc(C)n3)CC2)cc1. The molecule has 3 aromatic rings. The molecule has 33 heavy (non-hydrogen) atoms. The topological polar surface area (TPSA) is 77.7 Å². The van der Waals surface area contributed by atoms with E-state index in [0.717, 1.165) is 44.5 Å².